The number of nitrogens with one attached hydrogen (secondary N) is 1. The molecule has 3 nitrogen and oxygen atoms in total. The Morgan fingerprint density at radius 1 is 1.39 bits per heavy atom. The number of hydrogen-bond acceptors (Lipinski definition) is 2. The molecule has 0 saturated heterocycles. The molecule has 96 valence electrons. The maximum absolute atomic E-state index is 13.6. The molecule has 1 unspecified atom stereocenters. The van der Waals surface area contributed by atoms with E-state index in [1.54, 1.807) is 18.3 Å². The van der Waals surface area contributed by atoms with Crippen molar-refractivity contribution in [3.8, 4) is 0 Å². The fourth-order valence-electron chi connectivity index (χ4n) is 1.98. The van der Waals surface area contributed by atoms with E-state index >= 15 is 0 Å². The number of aromatic nitrogens is 2. The van der Waals surface area contributed by atoms with Crippen molar-refractivity contribution in [1.29, 1.82) is 0 Å². The Morgan fingerprint density at radius 3 is 2.89 bits per heavy atom. The molecule has 18 heavy (non-hydrogen) atoms. The number of imidazole rings is 1. The van der Waals surface area contributed by atoms with Gasteiger partial charge in [-0.1, -0.05) is 18.2 Å². The smallest absolute Gasteiger partial charge is 0.127 e. The summed E-state index contributed by atoms with van der Waals surface area (Å²) in [4.78, 5) is 4.28. The molecule has 0 saturated carbocycles. The summed E-state index contributed by atoms with van der Waals surface area (Å²) in [6.07, 6.45) is 3.74. The molecule has 0 aliphatic rings. The van der Waals surface area contributed by atoms with Crippen molar-refractivity contribution in [3.05, 3.63) is 53.9 Å². The molecule has 0 aliphatic carbocycles. The largest absolute Gasteiger partial charge is 0.334 e. The highest BCUT2D eigenvalue weighted by Crippen LogP contribution is 2.16. The van der Waals surface area contributed by atoms with Gasteiger partial charge in [0, 0.05) is 30.5 Å². The van der Waals surface area contributed by atoms with Crippen LogP contribution < -0.4 is 5.32 Å². The zero-order valence-corrected chi connectivity index (χ0v) is 10.7. The summed E-state index contributed by atoms with van der Waals surface area (Å²) in [5, 5.41) is 3.29. The fourth-order valence-corrected chi connectivity index (χ4v) is 1.98. The van der Waals surface area contributed by atoms with Crippen LogP contribution in [0.15, 0.2) is 36.7 Å². The van der Waals surface area contributed by atoms with Crippen LogP contribution in [0.25, 0.3) is 0 Å². The van der Waals surface area contributed by atoms with Gasteiger partial charge in [-0.05, 0) is 19.9 Å². The van der Waals surface area contributed by atoms with E-state index in [1.165, 1.54) is 6.07 Å². The minimum atomic E-state index is -0.170. The Labute approximate surface area is 107 Å². The van der Waals surface area contributed by atoms with Crippen molar-refractivity contribution in [2.45, 2.75) is 33.0 Å². The number of aryl methyl sites for hydroxylation is 1. The standard InChI is InChI=1S/C14H18FN3/c1-3-18-9-8-16-14(18)10-17-11(2)12-6-4-5-7-13(12)15/h4-9,11,17H,3,10H2,1-2H3. The molecular formula is C14H18FN3. The maximum atomic E-state index is 13.6. The van der Waals surface area contributed by atoms with E-state index in [-0.39, 0.29) is 11.9 Å². The highest BCUT2D eigenvalue weighted by Gasteiger charge is 2.10. The average molecular weight is 247 g/mol. The van der Waals surface area contributed by atoms with Crippen LogP contribution in [0.5, 0.6) is 0 Å². The summed E-state index contributed by atoms with van der Waals surface area (Å²) in [5.74, 6) is 0.803. The highest BCUT2D eigenvalue weighted by molar-refractivity contribution is 5.20. The molecule has 1 N–H and O–H groups in total. The first-order valence-corrected chi connectivity index (χ1v) is 6.20. The van der Waals surface area contributed by atoms with Gasteiger partial charge in [-0.15, -0.1) is 0 Å². The lowest BCUT2D eigenvalue weighted by Gasteiger charge is -2.15. The fraction of sp³-hybridized carbons (Fsp3) is 0.357. The first kappa shape index (κ1) is 12.8. The molecule has 0 aliphatic heterocycles. The molecular weight excluding hydrogens is 229 g/mol. The van der Waals surface area contributed by atoms with E-state index in [9.17, 15) is 4.39 Å². The van der Waals surface area contributed by atoms with Gasteiger partial charge in [0.25, 0.3) is 0 Å². The monoisotopic (exact) mass is 247 g/mol. The van der Waals surface area contributed by atoms with Gasteiger partial charge >= 0.3 is 0 Å². The first-order chi connectivity index (χ1) is 8.72. The topological polar surface area (TPSA) is 29.9 Å². The Hall–Kier alpha value is -1.68. The second kappa shape index (κ2) is 5.78. The van der Waals surface area contributed by atoms with Gasteiger partial charge in [0.2, 0.25) is 0 Å². The molecule has 2 aromatic rings. The van der Waals surface area contributed by atoms with Gasteiger partial charge in [-0.3, -0.25) is 0 Å². The molecule has 1 atom stereocenters. The van der Waals surface area contributed by atoms with Crippen molar-refractivity contribution < 1.29 is 4.39 Å². The molecule has 0 amide bonds. The maximum Gasteiger partial charge on any atom is 0.127 e. The third-order valence-corrected chi connectivity index (χ3v) is 3.08. The predicted molar refractivity (Wildman–Crippen MR) is 69.6 cm³/mol. The van der Waals surface area contributed by atoms with E-state index in [0.717, 1.165) is 12.4 Å². The van der Waals surface area contributed by atoms with Crippen LogP contribution in [0.1, 0.15) is 31.3 Å². The highest BCUT2D eigenvalue weighted by atomic mass is 19.1. The zero-order valence-electron chi connectivity index (χ0n) is 10.7. The Bertz CT molecular complexity index is 507. The molecule has 4 heteroatoms. The second-order valence-corrected chi connectivity index (χ2v) is 4.25. The summed E-state index contributed by atoms with van der Waals surface area (Å²) in [5.41, 5.74) is 0.687. The summed E-state index contributed by atoms with van der Waals surface area (Å²) in [6, 6.07) is 6.81. The molecule has 0 spiro atoms. The molecule has 1 aromatic heterocycles. The third kappa shape index (κ3) is 2.76. The van der Waals surface area contributed by atoms with Crippen LogP contribution in [0.3, 0.4) is 0 Å². The first-order valence-electron chi connectivity index (χ1n) is 6.20. The minimum absolute atomic E-state index is 0.0341. The number of halogens is 1. The predicted octanol–water partition coefficient (Wildman–Crippen LogP) is 2.89. The van der Waals surface area contributed by atoms with Crippen molar-refractivity contribution in [1.82, 2.24) is 14.9 Å². The van der Waals surface area contributed by atoms with Crippen LogP contribution in [-0.4, -0.2) is 9.55 Å². The molecule has 0 fully saturated rings. The van der Waals surface area contributed by atoms with Gasteiger partial charge in [0.15, 0.2) is 0 Å². The summed E-state index contributed by atoms with van der Waals surface area (Å²) >= 11 is 0. The molecule has 1 heterocycles. The molecule has 0 bridgehead atoms. The SMILES string of the molecule is CCn1ccnc1CNC(C)c1ccccc1F. The number of hydrogen-bond donors (Lipinski definition) is 1. The third-order valence-electron chi connectivity index (χ3n) is 3.08. The quantitative estimate of drug-likeness (QED) is 0.880. The van der Waals surface area contributed by atoms with Gasteiger partial charge in [-0.25, -0.2) is 9.37 Å². The van der Waals surface area contributed by atoms with Crippen LogP contribution in [0.4, 0.5) is 4.39 Å². The number of benzene rings is 1. The number of nitrogens with zero attached hydrogens (tertiary/aromatic N) is 2. The van der Waals surface area contributed by atoms with Crippen molar-refractivity contribution in [3.63, 3.8) is 0 Å². The molecule has 0 radical (unpaired) electrons. The van der Waals surface area contributed by atoms with Crippen molar-refractivity contribution in [2.24, 2.45) is 0 Å². The summed E-state index contributed by atoms with van der Waals surface area (Å²) < 4.78 is 15.7. The van der Waals surface area contributed by atoms with E-state index in [0.29, 0.717) is 12.1 Å². The average Bonchev–Trinajstić information content (AvgIpc) is 2.84. The zero-order chi connectivity index (χ0) is 13.0. The van der Waals surface area contributed by atoms with E-state index in [1.807, 2.05) is 19.2 Å². The van der Waals surface area contributed by atoms with E-state index in [2.05, 4.69) is 21.8 Å². The second-order valence-electron chi connectivity index (χ2n) is 4.25. The van der Waals surface area contributed by atoms with Gasteiger partial charge in [0.1, 0.15) is 11.6 Å². The van der Waals surface area contributed by atoms with E-state index in [4.69, 9.17) is 0 Å². The summed E-state index contributed by atoms with van der Waals surface area (Å²) in [7, 11) is 0. The van der Waals surface area contributed by atoms with Gasteiger partial charge in [0.05, 0.1) is 6.54 Å². The molecule has 2 rings (SSSR count). The lowest BCUT2D eigenvalue weighted by Crippen LogP contribution is -2.21. The van der Waals surface area contributed by atoms with Crippen LogP contribution in [0, 0.1) is 5.82 Å². The van der Waals surface area contributed by atoms with Crippen molar-refractivity contribution >= 4 is 0 Å². The molecule has 1 aromatic carbocycles. The number of rotatable bonds is 5. The van der Waals surface area contributed by atoms with E-state index < -0.39 is 0 Å². The Morgan fingerprint density at radius 2 is 2.17 bits per heavy atom. The lowest BCUT2D eigenvalue weighted by atomic mass is 10.1. The summed E-state index contributed by atoms with van der Waals surface area (Å²) in [6.45, 7) is 5.56. The van der Waals surface area contributed by atoms with Gasteiger partial charge in [-0.2, -0.15) is 0 Å². The van der Waals surface area contributed by atoms with Crippen LogP contribution >= 0.6 is 0 Å². The minimum Gasteiger partial charge on any atom is -0.334 e. The van der Waals surface area contributed by atoms with Gasteiger partial charge < -0.3 is 9.88 Å². The van der Waals surface area contributed by atoms with Crippen molar-refractivity contribution in [2.75, 3.05) is 0 Å². The van der Waals surface area contributed by atoms with Crippen LogP contribution in [0.2, 0.25) is 0 Å². The Balaban J connectivity index is 2.01. The normalized spacial score (nSPS) is 12.6. The lowest BCUT2D eigenvalue weighted by molar-refractivity contribution is 0.510. The Kier molecular flexibility index (Phi) is 4.10. The van der Waals surface area contributed by atoms with Crippen LogP contribution in [-0.2, 0) is 13.1 Å².